The summed E-state index contributed by atoms with van der Waals surface area (Å²) in [4.78, 5) is 1.03. The summed E-state index contributed by atoms with van der Waals surface area (Å²) in [6.07, 6.45) is 0.612. The summed E-state index contributed by atoms with van der Waals surface area (Å²) in [5.74, 6) is 0. The van der Waals surface area contributed by atoms with Crippen molar-refractivity contribution in [3.05, 3.63) is 95.6 Å². The summed E-state index contributed by atoms with van der Waals surface area (Å²) >= 11 is 1.24. The molecule has 3 aromatic carbocycles. The van der Waals surface area contributed by atoms with Crippen LogP contribution in [0.15, 0.2) is 83.8 Å². The van der Waals surface area contributed by atoms with Crippen molar-refractivity contribution in [1.29, 1.82) is 5.41 Å². The molecule has 1 unspecified atom stereocenters. The van der Waals surface area contributed by atoms with E-state index in [1.54, 1.807) is 0 Å². The number of hydrogen-bond donors (Lipinski definition) is 3. The van der Waals surface area contributed by atoms with Crippen LogP contribution in [0.25, 0.3) is 0 Å². The largest absolute Gasteiger partial charge is 0.378 e. The highest BCUT2D eigenvalue weighted by molar-refractivity contribution is 7.97. The van der Waals surface area contributed by atoms with Gasteiger partial charge in [0.15, 0.2) is 0 Å². The van der Waals surface area contributed by atoms with Crippen molar-refractivity contribution in [3.8, 4) is 0 Å². The maximum atomic E-state index is 8.52. The van der Waals surface area contributed by atoms with Crippen molar-refractivity contribution in [2.24, 2.45) is 5.14 Å². The molecule has 0 aliphatic heterocycles. The van der Waals surface area contributed by atoms with Crippen molar-refractivity contribution in [1.82, 2.24) is 0 Å². The molecule has 4 heteroatoms. The minimum absolute atomic E-state index is 0.0275. The molecular formula is C22H23N3S. The molecule has 3 aromatic rings. The summed E-state index contributed by atoms with van der Waals surface area (Å²) in [7, 11) is 0. The first kappa shape index (κ1) is 18.2. The van der Waals surface area contributed by atoms with Gasteiger partial charge in [-0.05, 0) is 54.3 Å². The molecule has 1 atom stereocenters. The molecule has 0 heterocycles. The van der Waals surface area contributed by atoms with Crippen molar-refractivity contribution >= 4 is 23.3 Å². The van der Waals surface area contributed by atoms with Gasteiger partial charge in [0.25, 0.3) is 0 Å². The summed E-state index contributed by atoms with van der Waals surface area (Å²) in [6, 6.07) is 26.5. The van der Waals surface area contributed by atoms with Gasteiger partial charge in [-0.25, -0.2) is 0 Å². The number of nitrogens with one attached hydrogen (secondary N) is 2. The molecule has 26 heavy (non-hydrogen) atoms. The molecule has 0 radical (unpaired) electrons. The van der Waals surface area contributed by atoms with Crippen LogP contribution >= 0.6 is 11.9 Å². The topological polar surface area (TPSA) is 61.9 Å². The van der Waals surface area contributed by atoms with Gasteiger partial charge in [-0.2, -0.15) is 0 Å². The molecule has 0 saturated carbocycles. The van der Waals surface area contributed by atoms with E-state index in [2.05, 4.69) is 36.5 Å². The van der Waals surface area contributed by atoms with E-state index in [0.29, 0.717) is 12.1 Å². The van der Waals surface area contributed by atoms with Gasteiger partial charge in [-0.1, -0.05) is 60.2 Å². The first-order valence-corrected chi connectivity index (χ1v) is 9.46. The van der Waals surface area contributed by atoms with Gasteiger partial charge in [0.1, 0.15) is 0 Å². The summed E-state index contributed by atoms with van der Waals surface area (Å²) < 4.78 is 0. The van der Waals surface area contributed by atoms with Crippen LogP contribution in [-0.4, -0.2) is 5.71 Å². The van der Waals surface area contributed by atoms with E-state index in [0.717, 1.165) is 16.1 Å². The van der Waals surface area contributed by atoms with E-state index in [1.807, 2.05) is 54.6 Å². The zero-order chi connectivity index (χ0) is 18.4. The van der Waals surface area contributed by atoms with Gasteiger partial charge in [0.05, 0.1) is 6.04 Å². The van der Waals surface area contributed by atoms with Gasteiger partial charge in [-0.15, -0.1) is 0 Å². The number of hydrogen-bond acceptors (Lipinski definition) is 4. The van der Waals surface area contributed by atoms with Crippen molar-refractivity contribution in [3.63, 3.8) is 0 Å². The average Bonchev–Trinajstić information content (AvgIpc) is 2.69. The lowest BCUT2D eigenvalue weighted by atomic mass is 9.96. The second-order valence-electron chi connectivity index (χ2n) is 6.30. The molecule has 0 amide bonds. The van der Waals surface area contributed by atoms with E-state index in [9.17, 15) is 0 Å². The van der Waals surface area contributed by atoms with Crippen LogP contribution < -0.4 is 10.5 Å². The fraction of sp³-hybridized carbons (Fsp3) is 0.136. The normalized spacial score (nSPS) is 11.8. The molecule has 0 bridgehead atoms. The second-order valence-corrected chi connectivity index (χ2v) is 7.01. The average molecular weight is 362 g/mol. The molecule has 0 aromatic heterocycles. The standard InChI is InChI=1S/C22H23N3S/c1-16-7-9-18(10-8-16)22(15-21(23)17-5-3-2-4-6-17)25-19-11-13-20(26-24)14-12-19/h2-14,22-23,25H,15,24H2,1H3. The second kappa shape index (κ2) is 8.70. The molecule has 4 N–H and O–H groups in total. The lowest BCUT2D eigenvalue weighted by molar-refractivity contribution is 0.818. The lowest BCUT2D eigenvalue weighted by Gasteiger charge is -2.21. The number of anilines is 1. The molecule has 0 saturated heterocycles. The van der Waals surface area contributed by atoms with E-state index >= 15 is 0 Å². The van der Waals surface area contributed by atoms with Gasteiger partial charge in [-0.3, -0.25) is 5.14 Å². The zero-order valence-corrected chi connectivity index (χ0v) is 15.6. The molecule has 0 aliphatic carbocycles. The van der Waals surface area contributed by atoms with Crippen molar-refractivity contribution < 1.29 is 0 Å². The third-order valence-electron chi connectivity index (χ3n) is 4.34. The Labute approximate surface area is 159 Å². The Kier molecular flexibility index (Phi) is 6.10. The van der Waals surface area contributed by atoms with Crippen molar-refractivity contribution in [2.75, 3.05) is 5.32 Å². The fourth-order valence-electron chi connectivity index (χ4n) is 2.84. The molecule has 3 rings (SSSR count). The maximum Gasteiger partial charge on any atom is 0.0569 e. The van der Waals surface area contributed by atoms with Gasteiger partial charge in [0, 0.05) is 22.7 Å². The molecule has 3 nitrogen and oxygen atoms in total. The highest BCUT2D eigenvalue weighted by atomic mass is 32.2. The zero-order valence-electron chi connectivity index (χ0n) is 14.8. The van der Waals surface area contributed by atoms with E-state index in [-0.39, 0.29) is 6.04 Å². The van der Waals surface area contributed by atoms with Gasteiger partial charge >= 0.3 is 0 Å². The highest BCUT2D eigenvalue weighted by Crippen LogP contribution is 2.26. The smallest absolute Gasteiger partial charge is 0.0569 e. The van der Waals surface area contributed by atoms with E-state index in [1.165, 1.54) is 23.1 Å². The van der Waals surface area contributed by atoms with Crippen LogP contribution in [0.1, 0.15) is 29.2 Å². The number of rotatable bonds is 7. The number of nitrogens with two attached hydrogens (primary N) is 1. The lowest BCUT2D eigenvalue weighted by Crippen LogP contribution is -2.16. The fourth-order valence-corrected chi connectivity index (χ4v) is 3.14. The predicted molar refractivity (Wildman–Crippen MR) is 112 cm³/mol. The van der Waals surface area contributed by atoms with E-state index in [4.69, 9.17) is 10.5 Å². The SMILES string of the molecule is Cc1ccc(C(CC(=N)c2ccccc2)Nc2ccc(SN)cc2)cc1. The first-order valence-electron chi connectivity index (χ1n) is 8.58. The molecule has 0 aliphatic rings. The highest BCUT2D eigenvalue weighted by Gasteiger charge is 2.15. The summed E-state index contributed by atoms with van der Waals surface area (Å²) in [5, 5.41) is 17.7. The van der Waals surface area contributed by atoms with Crippen LogP contribution in [0.2, 0.25) is 0 Å². The number of aryl methyl sites for hydroxylation is 1. The van der Waals surface area contributed by atoms with Crippen molar-refractivity contribution in [2.45, 2.75) is 24.3 Å². The third-order valence-corrected chi connectivity index (χ3v) is 4.89. The van der Waals surface area contributed by atoms with Crippen LogP contribution in [0, 0.1) is 12.3 Å². The monoisotopic (exact) mass is 361 g/mol. The summed E-state index contributed by atoms with van der Waals surface area (Å²) in [6.45, 7) is 2.08. The molecule has 0 fully saturated rings. The third kappa shape index (κ3) is 4.75. The van der Waals surface area contributed by atoms with Crippen LogP contribution in [0.5, 0.6) is 0 Å². The molecule has 132 valence electrons. The van der Waals surface area contributed by atoms with Gasteiger partial charge in [0.2, 0.25) is 0 Å². The Morgan fingerprint density at radius 3 is 2.23 bits per heavy atom. The number of benzene rings is 3. The Bertz CT molecular complexity index is 843. The Morgan fingerprint density at radius 1 is 0.962 bits per heavy atom. The van der Waals surface area contributed by atoms with E-state index < -0.39 is 0 Å². The Hall–Kier alpha value is -2.56. The summed E-state index contributed by atoms with van der Waals surface area (Å²) in [5.41, 5.74) is 5.01. The minimum atomic E-state index is 0.0275. The molecule has 0 spiro atoms. The first-order chi connectivity index (χ1) is 12.7. The van der Waals surface area contributed by atoms with Crippen LogP contribution in [-0.2, 0) is 0 Å². The Morgan fingerprint density at radius 2 is 1.62 bits per heavy atom. The molecular weight excluding hydrogens is 338 g/mol. The van der Waals surface area contributed by atoms with Crippen LogP contribution in [0.3, 0.4) is 0 Å². The minimum Gasteiger partial charge on any atom is -0.378 e. The predicted octanol–water partition coefficient (Wildman–Crippen LogP) is 5.57. The van der Waals surface area contributed by atoms with Gasteiger partial charge < -0.3 is 10.7 Å². The van der Waals surface area contributed by atoms with Crippen LogP contribution in [0.4, 0.5) is 5.69 Å². The quantitative estimate of drug-likeness (QED) is 0.381. The Balaban J connectivity index is 1.83. The maximum absolute atomic E-state index is 8.52.